The number of nitrogens with one attached hydrogen (secondary N) is 1. The molecule has 0 aromatic heterocycles. The molecule has 1 atom stereocenters. The van der Waals surface area contributed by atoms with Crippen LogP contribution in [0.5, 0.6) is 5.75 Å². The van der Waals surface area contributed by atoms with Crippen molar-refractivity contribution in [3.05, 3.63) is 71.3 Å². The third kappa shape index (κ3) is 6.09. The third-order valence-electron chi connectivity index (χ3n) is 3.74. The molecule has 0 aliphatic rings. The summed E-state index contributed by atoms with van der Waals surface area (Å²) in [6.45, 7) is 3.87. The molecular weight excluding hydrogens is 330 g/mol. The van der Waals surface area contributed by atoms with Gasteiger partial charge in [0.25, 0.3) is 5.91 Å². The summed E-state index contributed by atoms with van der Waals surface area (Å²) in [4.78, 5) is 23.9. The molecule has 136 valence electrons. The maximum Gasteiger partial charge on any atom is 0.331 e. The van der Waals surface area contributed by atoms with E-state index in [9.17, 15) is 9.59 Å². The number of carbonyl (C=O) groups excluding carboxylic acids is 2. The second-order valence-electron chi connectivity index (χ2n) is 5.89. The molecule has 0 radical (unpaired) electrons. The van der Waals surface area contributed by atoms with Crippen molar-refractivity contribution in [2.45, 2.75) is 26.5 Å². The highest BCUT2D eigenvalue weighted by atomic mass is 16.5. The van der Waals surface area contributed by atoms with Crippen LogP contribution in [0.15, 0.2) is 54.6 Å². The van der Waals surface area contributed by atoms with Crippen molar-refractivity contribution < 1.29 is 19.1 Å². The summed E-state index contributed by atoms with van der Waals surface area (Å²) in [6, 6.07) is 15.1. The molecule has 2 aromatic rings. The van der Waals surface area contributed by atoms with E-state index in [2.05, 4.69) is 5.32 Å². The van der Waals surface area contributed by atoms with E-state index in [1.807, 2.05) is 55.5 Å². The third-order valence-corrected chi connectivity index (χ3v) is 3.74. The minimum absolute atomic E-state index is 0.349. The molecule has 2 rings (SSSR count). The number of rotatable bonds is 7. The van der Waals surface area contributed by atoms with E-state index in [1.165, 1.54) is 6.08 Å². The van der Waals surface area contributed by atoms with Gasteiger partial charge < -0.3 is 14.8 Å². The summed E-state index contributed by atoms with van der Waals surface area (Å²) in [5.41, 5.74) is 2.93. The summed E-state index contributed by atoms with van der Waals surface area (Å²) in [5.74, 6) is -0.153. The van der Waals surface area contributed by atoms with Crippen LogP contribution >= 0.6 is 0 Å². The lowest BCUT2D eigenvalue weighted by molar-refractivity contribution is -0.150. The zero-order chi connectivity index (χ0) is 18.9. The van der Waals surface area contributed by atoms with Gasteiger partial charge in [-0.3, -0.25) is 4.79 Å². The first-order valence-corrected chi connectivity index (χ1v) is 8.34. The fraction of sp³-hybridized carbons (Fsp3) is 0.238. The summed E-state index contributed by atoms with van der Waals surface area (Å²) in [7, 11) is 1.60. The Morgan fingerprint density at radius 3 is 2.54 bits per heavy atom. The average molecular weight is 353 g/mol. The molecule has 0 aliphatic carbocycles. The van der Waals surface area contributed by atoms with Gasteiger partial charge in [0.2, 0.25) is 0 Å². The zero-order valence-corrected chi connectivity index (χ0v) is 15.2. The zero-order valence-electron chi connectivity index (χ0n) is 15.2. The van der Waals surface area contributed by atoms with Crippen molar-refractivity contribution in [1.82, 2.24) is 5.32 Å². The van der Waals surface area contributed by atoms with Crippen LogP contribution in [0.1, 0.15) is 23.6 Å². The van der Waals surface area contributed by atoms with Gasteiger partial charge in [0.1, 0.15) is 5.75 Å². The van der Waals surface area contributed by atoms with Crippen molar-refractivity contribution in [1.29, 1.82) is 0 Å². The first kappa shape index (κ1) is 19.2. The second kappa shape index (κ2) is 9.42. The van der Waals surface area contributed by atoms with Crippen molar-refractivity contribution in [3.63, 3.8) is 0 Å². The maximum atomic E-state index is 12.1. The molecule has 0 saturated heterocycles. The van der Waals surface area contributed by atoms with E-state index < -0.39 is 12.1 Å². The van der Waals surface area contributed by atoms with Gasteiger partial charge >= 0.3 is 5.97 Å². The van der Waals surface area contributed by atoms with E-state index in [-0.39, 0.29) is 5.91 Å². The van der Waals surface area contributed by atoms with Gasteiger partial charge in [-0.05, 0) is 43.2 Å². The number of hydrogen-bond acceptors (Lipinski definition) is 4. The van der Waals surface area contributed by atoms with Crippen molar-refractivity contribution >= 4 is 18.0 Å². The van der Waals surface area contributed by atoms with Crippen LogP contribution in [-0.4, -0.2) is 25.1 Å². The Hall–Kier alpha value is -3.08. The van der Waals surface area contributed by atoms with Gasteiger partial charge in [-0.25, -0.2) is 4.79 Å². The minimum atomic E-state index is -0.872. The first-order chi connectivity index (χ1) is 12.5. The largest absolute Gasteiger partial charge is 0.497 e. The number of benzene rings is 2. The van der Waals surface area contributed by atoms with E-state index in [1.54, 1.807) is 20.1 Å². The monoisotopic (exact) mass is 353 g/mol. The van der Waals surface area contributed by atoms with Crippen molar-refractivity contribution in [3.8, 4) is 5.75 Å². The fourth-order valence-corrected chi connectivity index (χ4v) is 2.28. The number of carbonyl (C=O) groups is 2. The number of amides is 1. The molecule has 5 heteroatoms. The summed E-state index contributed by atoms with van der Waals surface area (Å²) in [6.07, 6.45) is 2.11. The summed E-state index contributed by atoms with van der Waals surface area (Å²) < 4.78 is 10.2. The van der Waals surface area contributed by atoms with E-state index in [0.717, 1.165) is 22.4 Å². The van der Waals surface area contributed by atoms with Crippen molar-refractivity contribution in [2.24, 2.45) is 0 Å². The number of hydrogen-bond donors (Lipinski definition) is 1. The highest BCUT2D eigenvalue weighted by Gasteiger charge is 2.16. The number of ether oxygens (including phenoxy) is 2. The highest BCUT2D eigenvalue weighted by Crippen LogP contribution is 2.11. The molecule has 2 aromatic carbocycles. The second-order valence-corrected chi connectivity index (χ2v) is 5.89. The van der Waals surface area contributed by atoms with Gasteiger partial charge in [0, 0.05) is 12.6 Å². The van der Waals surface area contributed by atoms with Crippen LogP contribution in [0.2, 0.25) is 0 Å². The van der Waals surface area contributed by atoms with Crippen LogP contribution in [-0.2, 0) is 20.9 Å². The SMILES string of the molecule is COc1ccc(CNC(=O)[C@@H](C)OC(=O)/C=C/c2cccc(C)c2)cc1. The predicted octanol–water partition coefficient (Wildman–Crippen LogP) is 3.26. The standard InChI is InChI=1S/C21H23NO4/c1-15-5-4-6-17(13-15)9-12-20(23)26-16(2)21(24)22-14-18-7-10-19(25-3)11-8-18/h4-13,16H,14H2,1-3H3,(H,22,24)/b12-9+/t16-/m1/s1. The minimum Gasteiger partial charge on any atom is -0.497 e. The molecule has 0 aliphatic heterocycles. The van der Waals surface area contributed by atoms with Crippen LogP contribution in [0, 0.1) is 6.92 Å². The van der Waals surface area contributed by atoms with Gasteiger partial charge in [-0.15, -0.1) is 0 Å². The Bertz CT molecular complexity index is 781. The number of methoxy groups -OCH3 is 1. The lowest BCUT2D eigenvalue weighted by Crippen LogP contribution is -2.35. The van der Waals surface area contributed by atoms with Crippen molar-refractivity contribution in [2.75, 3.05) is 7.11 Å². The molecule has 0 unspecified atom stereocenters. The maximum absolute atomic E-state index is 12.1. The quantitative estimate of drug-likeness (QED) is 0.613. The molecule has 0 fully saturated rings. The predicted molar refractivity (Wildman–Crippen MR) is 101 cm³/mol. The van der Waals surface area contributed by atoms with Gasteiger partial charge in [-0.1, -0.05) is 42.0 Å². The molecule has 0 bridgehead atoms. The van der Waals surface area contributed by atoms with Gasteiger partial charge in [-0.2, -0.15) is 0 Å². The first-order valence-electron chi connectivity index (χ1n) is 8.34. The van der Waals surface area contributed by atoms with Gasteiger partial charge in [0.15, 0.2) is 6.10 Å². The lowest BCUT2D eigenvalue weighted by Gasteiger charge is -2.12. The van der Waals surface area contributed by atoms with Crippen LogP contribution in [0.3, 0.4) is 0 Å². The molecular formula is C21H23NO4. The smallest absolute Gasteiger partial charge is 0.331 e. The Labute approximate surface area is 153 Å². The van der Waals surface area contributed by atoms with E-state index in [0.29, 0.717) is 6.54 Å². The molecule has 0 heterocycles. The summed E-state index contributed by atoms with van der Waals surface area (Å²) >= 11 is 0. The lowest BCUT2D eigenvalue weighted by atomic mass is 10.1. The molecule has 0 saturated carbocycles. The highest BCUT2D eigenvalue weighted by molar-refractivity contribution is 5.90. The normalized spacial score (nSPS) is 11.8. The Morgan fingerprint density at radius 2 is 1.88 bits per heavy atom. The molecule has 5 nitrogen and oxygen atoms in total. The Kier molecular flexibility index (Phi) is 6.97. The van der Waals surface area contributed by atoms with E-state index >= 15 is 0 Å². The molecule has 1 amide bonds. The molecule has 1 N–H and O–H groups in total. The number of aryl methyl sites for hydroxylation is 1. The fourth-order valence-electron chi connectivity index (χ4n) is 2.28. The van der Waals surface area contributed by atoms with Crippen LogP contribution < -0.4 is 10.1 Å². The van der Waals surface area contributed by atoms with Gasteiger partial charge in [0.05, 0.1) is 7.11 Å². The Balaban J connectivity index is 1.80. The van der Waals surface area contributed by atoms with E-state index in [4.69, 9.17) is 9.47 Å². The van der Waals surface area contributed by atoms with Crippen LogP contribution in [0.25, 0.3) is 6.08 Å². The molecule has 0 spiro atoms. The molecule has 26 heavy (non-hydrogen) atoms. The van der Waals surface area contributed by atoms with Crippen LogP contribution in [0.4, 0.5) is 0 Å². The topological polar surface area (TPSA) is 64.6 Å². The summed E-state index contributed by atoms with van der Waals surface area (Å²) in [5, 5.41) is 2.74. The average Bonchev–Trinajstić information content (AvgIpc) is 2.65. The Morgan fingerprint density at radius 1 is 1.15 bits per heavy atom. The number of esters is 1.